The highest BCUT2D eigenvalue weighted by Crippen LogP contribution is 2.25. The topological polar surface area (TPSA) is 75.3 Å². The molecule has 5 nitrogen and oxygen atoms in total. The molecule has 2 aromatic rings. The van der Waals surface area contributed by atoms with Crippen molar-refractivity contribution >= 4 is 38.9 Å². The van der Waals surface area contributed by atoms with Gasteiger partial charge < -0.3 is 5.32 Å². The van der Waals surface area contributed by atoms with Gasteiger partial charge >= 0.3 is 0 Å². The Bertz CT molecular complexity index is 804. The van der Waals surface area contributed by atoms with E-state index in [0.717, 1.165) is 15.3 Å². The van der Waals surface area contributed by atoms with E-state index in [0.29, 0.717) is 0 Å². The minimum Gasteiger partial charge on any atom is -0.347 e. The summed E-state index contributed by atoms with van der Waals surface area (Å²) >= 11 is 6.98. The van der Waals surface area contributed by atoms with Gasteiger partial charge in [0.2, 0.25) is 15.9 Å². The number of carbonyl (C=O) groups excluding carboxylic acids is 1. The number of rotatable bonds is 7. The van der Waals surface area contributed by atoms with E-state index >= 15 is 0 Å². The second-order valence-electron chi connectivity index (χ2n) is 5.29. The monoisotopic (exact) mass is 386 g/mol. The lowest BCUT2D eigenvalue weighted by Crippen LogP contribution is -2.38. The summed E-state index contributed by atoms with van der Waals surface area (Å²) in [7, 11) is -3.64. The van der Waals surface area contributed by atoms with Crippen LogP contribution in [0.2, 0.25) is 0 Å². The van der Waals surface area contributed by atoms with Crippen molar-refractivity contribution in [2.45, 2.75) is 24.8 Å². The summed E-state index contributed by atoms with van der Waals surface area (Å²) in [6.07, 6.45) is 0. The lowest BCUT2D eigenvalue weighted by molar-refractivity contribution is -0.119. The molecule has 0 aliphatic rings. The fourth-order valence-corrected chi connectivity index (χ4v) is 4.99. The standard InChI is InChI=1S/C16H19ClN2O3S2/c1-11-8-15(12(2)23-11)24(21,22)18-10-14(19-16(20)9-17)13-6-4-3-5-7-13/h3-8,14,18H,9-10H2,1-2H3,(H,19,20). The van der Waals surface area contributed by atoms with E-state index in [4.69, 9.17) is 11.6 Å². The van der Waals surface area contributed by atoms with Gasteiger partial charge in [0.1, 0.15) is 5.88 Å². The molecule has 0 bridgehead atoms. The van der Waals surface area contributed by atoms with Crippen LogP contribution in [0.3, 0.4) is 0 Å². The Morgan fingerprint density at radius 1 is 1.25 bits per heavy atom. The Hall–Kier alpha value is -1.41. The lowest BCUT2D eigenvalue weighted by Gasteiger charge is -2.19. The van der Waals surface area contributed by atoms with Crippen LogP contribution in [0.5, 0.6) is 0 Å². The number of thiophene rings is 1. The fourth-order valence-electron chi connectivity index (χ4n) is 2.32. The highest BCUT2D eigenvalue weighted by molar-refractivity contribution is 7.89. The van der Waals surface area contributed by atoms with Gasteiger partial charge in [-0.3, -0.25) is 4.79 Å². The molecule has 0 aliphatic carbocycles. The quantitative estimate of drug-likeness (QED) is 0.718. The minimum absolute atomic E-state index is 0.0450. The van der Waals surface area contributed by atoms with Crippen LogP contribution < -0.4 is 10.0 Å². The summed E-state index contributed by atoms with van der Waals surface area (Å²) in [6.45, 7) is 3.68. The number of aryl methyl sites for hydroxylation is 2. The van der Waals surface area contributed by atoms with E-state index in [9.17, 15) is 13.2 Å². The number of amides is 1. The van der Waals surface area contributed by atoms with Crippen LogP contribution in [-0.2, 0) is 14.8 Å². The second kappa shape index (κ2) is 8.11. The van der Waals surface area contributed by atoms with Gasteiger partial charge in [-0.25, -0.2) is 13.1 Å². The van der Waals surface area contributed by atoms with E-state index in [1.165, 1.54) is 11.3 Å². The first-order chi connectivity index (χ1) is 11.3. The fraction of sp³-hybridized carbons (Fsp3) is 0.312. The van der Waals surface area contributed by atoms with Gasteiger partial charge in [0.05, 0.1) is 10.9 Å². The Balaban J connectivity index is 2.18. The third kappa shape index (κ3) is 4.80. The Labute approximate surface area is 151 Å². The molecule has 0 saturated carbocycles. The van der Waals surface area contributed by atoms with Crippen LogP contribution in [-0.4, -0.2) is 26.7 Å². The minimum atomic E-state index is -3.64. The number of sulfonamides is 1. The first kappa shape index (κ1) is 18.9. The van der Waals surface area contributed by atoms with Crippen molar-refractivity contribution in [1.29, 1.82) is 0 Å². The largest absolute Gasteiger partial charge is 0.347 e. The van der Waals surface area contributed by atoms with Gasteiger partial charge in [-0.2, -0.15) is 0 Å². The lowest BCUT2D eigenvalue weighted by atomic mass is 10.1. The maximum Gasteiger partial charge on any atom is 0.241 e. The van der Waals surface area contributed by atoms with Crippen LogP contribution >= 0.6 is 22.9 Å². The van der Waals surface area contributed by atoms with Gasteiger partial charge in [0.25, 0.3) is 0 Å². The van der Waals surface area contributed by atoms with Crippen LogP contribution in [0.4, 0.5) is 0 Å². The van der Waals surface area contributed by atoms with Crippen LogP contribution in [0.15, 0.2) is 41.3 Å². The number of halogens is 1. The number of carbonyl (C=O) groups is 1. The summed E-state index contributed by atoms with van der Waals surface area (Å²) in [5.41, 5.74) is 0.803. The Kier molecular flexibility index (Phi) is 6.40. The van der Waals surface area contributed by atoms with Crippen LogP contribution in [0.25, 0.3) is 0 Å². The van der Waals surface area contributed by atoms with Crippen LogP contribution in [0, 0.1) is 13.8 Å². The molecular formula is C16H19ClN2O3S2. The highest BCUT2D eigenvalue weighted by atomic mass is 35.5. The normalized spacial score (nSPS) is 12.8. The first-order valence-electron chi connectivity index (χ1n) is 7.30. The molecule has 0 fully saturated rings. The third-order valence-electron chi connectivity index (χ3n) is 3.42. The predicted octanol–water partition coefficient (Wildman–Crippen LogP) is 2.74. The van der Waals surface area contributed by atoms with Crippen molar-refractivity contribution in [3.8, 4) is 0 Å². The van der Waals surface area contributed by atoms with Gasteiger partial charge in [-0.05, 0) is 25.5 Å². The average molecular weight is 387 g/mol. The van der Waals surface area contributed by atoms with Gasteiger partial charge in [-0.1, -0.05) is 30.3 Å². The Morgan fingerprint density at radius 3 is 2.46 bits per heavy atom. The number of hydrogen-bond acceptors (Lipinski definition) is 4. The zero-order chi connectivity index (χ0) is 17.7. The summed E-state index contributed by atoms with van der Waals surface area (Å²) in [5, 5.41) is 2.73. The van der Waals surface area contributed by atoms with E-state index in [-0.39, 0.29) is 23.2 Å². The molecule has 0 radical (unpaired) electrons. The van der Waals surface area contributed by atoms with E-state index < -0.39 is 16.1 Å². The molecule has 1 aromatic carbocycles. The maximum absolute atomic E-state index is 12.5. The molecule has 0 saturated heterocycles. The summed E-state index contributed by atoms with van der Waals surface area (Å²) in [4.78, 5) is 13.6. The van der Waals surface area contributed by atoms with Crippen molar-refractivity contribution in [3.63, 3.8) is 0 Å². The molecule has 1 unspecified atom stereocenters. The molecule has 130 valence electrons. The maximum atomic E-state index is 12.5. The number of nitrogens with one attached hydrogen (secondary N) is 2. The first-order valence-corrected chi connectivity index (χ1v) is 10.1. The zero-order valence-electron chi connectivity index (χ0n) is 13.4. The summed E-state index contributed by atoms with van der Waals surface area (Å²) in [5.74, 6) is -0.536. The van der Waals surface area contributed by atoms with Crippen molar-refractivity contribution in [3.05, 3.63) is 51.7 Å². The van der Waals surface area contributed by atoms with Crippen molar-refractivity contribution in [2.75, 3.05) is 12.4 Å². The van der Waals surface area contributed by atoms with Crippen molar-refractivity contribution in [2.24, 2.45) is 0 Å². The molecule has 1 aromatic heterocycles. The molecule has 1 amide bonds. The van der Waals surface area contributed by atoms with E-state index in [1.807, 2.05) is 37.3 Å². The molecule has 1 atom stereocenters. The molecule has 1 heterocycles. The SMILES string of the molecule is Cc1cc(S(=O)(=O)NCC(NC(=O)CCl)c2ccccc2)c(C)s1. The molecule has 8 heteroatoms. The molecular weight excluding hydrogens is 368 g/mol. The number of alkyl halides is 1. The number of hydrogen-bond donors (Lipinski definition) is 2. The van der Waals surface area contributed by atoms with Gasteiger partial charge in [-0.15, -0.1) is 22.9 Å². The number of benzene rings is 1. The summed E-state index contributed by atoms with van der Waals surface area (Å²) in [6, 6.07) is 10.3. The Morgan fingerprint density at radius 2 is 1.92 bits per heavy atom. The molecule has 0 aliphatic heterocycles. The van der Waals surface area contributed by atoms with Gasteiger partial charge in [0, 0.05) is 16.3 Å². The summed E-state index contributed by atoms with van der Waals surface area (Å²) < 4.78 is 27.6. The smallest absolute Gasteiger partial charge is 0.241 e. The molecule has 2 rings (SSSR count). The zero-order valence-corrected chi connectivity index (χ0v) is 15.8. The van der Waals surface area contributed by atoms with Crippen molar-refractivity contribution in [1.82, 2.24) is 10.0 Å². The van der Waals surface area contributed by atoms with E-state index in [2.05, 4.69) is 10.0 Å². The second-order valence-corrected chi connectivity index (χ2v) is 8.76. The molecule has 24 heavy (non-hydrogen) atoms. The van der Waals surface area contributed by atoms with Crippen LogP contribution in [0.1, 0.15) is 21.4 Å². The molecule has 2 N–H and O–H groups in total. The predicted molar refractivity (Wildman–Crippen MR) is 97.0 cm³/mol. The highest BCUT2D eigenvalue weighted by Gasteiger charge is 2.22. The van der Waals surface area contributed by atoms with Crippen molar-refractivity contribution < 1.29 is 13.2 Å². The van der Waals surface area contributed by atoms with Gasteiger partial charge in [0.15, 0.2) is 0 Å². The molecule has 0 spiro atoms. The third-order valence-corrected chi connectivity index (χ3v) is 6.31. The average Bonchev–Trinajstić information content (AvgIpc) is 2.91. The van der Waals surface area contributed by atoms with E-state index in [1.54, 1.807) is 13.0 Å².